The zero-order valence-corrected chi connectivity index (χ0v) is 16.2. The first-order valence-electron chi connectivity index (χ1n) is 9.26. The summed E-state index contributed by atoms with van der Waals surface area (Å²) in [4.78, 5) is 12.6. The number of aryl methyl sites for hydroxylation is 2. The average Bonchev–Trinajstić information content (AvgIpc) is 3.10. The molecule has 0 atom stereocenters. The normalized spacial score (nSPS) is 15.4. The minimum atomic E-state index is -3.66. The highest BCUT2D eigenvalue weighted by Gasteiger charge is 2.19. The molecule has 0 radical (unpaired) electrons. The van der Waals surface area contributed by atoms with E-state index in [-0.39, 0.29) is 10.5 Å². The van der Waals surface area contributed by atoms with Gasteiger partial charge in [0.2, 0.25) is 10.0 Å². The number of sulfonamides is 1. The Morgan fingerprint density at radius 2 is 2.08 bits per heavy atom. The van der Waals surface area contributed by atoms with Gasteiger partial charge in [0.25, 0.3) is 5.56 Å². The van der Waals surface area contributed by atoms with Gasteiger partial charge in [0.05, 0.1) is 0 Å². The van der Waals surface area contributed by atoms with Crippen LogP contribution >= 0.6 is 0 Å². The van der Waals surface area contributed by atoms with Crippen molar-refractivity contribution in [1.29, 1.82) is 0 Å². The first-order chi connectivity index (χ1) is 12.5. The van der Waals surface area contributed by atoms with Crippen LogP contribution < -0.4 is 10.3 Å². The van der Waals surface area contributed by atoms with Gasteiger partial charge in [-0.25, -0.2) is 17.8 Å². The second-order valence-corrected chi connectivity index (χ2v) is 8.34. The van der Waals surface area contributed by atoms with E-state index in [1.807, 2.05) is 13.8 Å². The number of hydrogen-bond donors (Lipinski definition) is 1. The molecule has 0 saturated heterocycles. The van der Waals surface area contributed by atoms with E-state index in [0.717, 1.165) is 19.3 Å². The molecular weight excluding hydrogens is 352 g/mol. The molecule has 3 rings (SSSR count). The van der Waals surface area contributed by atoms with Crippen molar-refractivity contribution in [3.63, 3.8) is 0 Å². The van der Waals surface area contributed by atoms with Gasteiger partial charge < -0.3 is 0 Å². The van der Waals surface area contributed by atoms with E-state index in [2.05, 4.69) is 15.9 Å². The molecule has 1 aliphatic rings. The lowest BCUT2D eigenvalue weighted by Crippen LogP contribution is -2.26. The van der Waals surface area contributed by atoms with E-state index in [1.165, 1.54) is 35.4 Å². The predicted molar refractivity (Wildman–Crippen MR) is 101 cm³/mol. The minimum absolute atomic E-state index is 0.109. The monoisotopic (exact) mass is 378 g/mol. The highest BCUT2D eigenvalue weighted by molar-refractivity contribution is 7.89. The Balaban J connectivity index is 1.85. The Morgan fingerprint density at radius 3 is 2.73 bits per heavy atom. The molecule has 8 heteroatoms. The number of aromatic nitrogens is 3. The van der Waals surface area contributed by atoms with Crippen LogP contribution in [0.2, 0.25) is 0 Å². The van der Waals surface area contributed by atoms with Crippen molar-refractivity contribution >= 4 is 15.5 Å². The zero-order valence-electron chi connectivity index (χ0n) is 15.4. The molecule has 0 bridgehead atoms. The smallest absolute Gasteiger partial charge is 0.291 e. The van der Waals surface area contributed by atoms with Crippen molar-refractivity contribution in [2.45, 2.75) is 63.8 Å². The van der Waals surface area contributed by atoms with E-state index in [4.69, 9.17) is 0 Å². The standard InChI is InChI=1S/C18H26N4O3S/c1-3-17-20-22(4-2)18(23)16-12-15(13-21(16)17)26(24,25)19-11-10-14-8-6-5-7-9-14/h8,12-13,19H,3-7,9-11H2,1-2H3. The summed E-state index contributed by atoms with van der Waals surface area (Å²) in [5, 5.41) is 4.30. The topological polar surface area (TPSA) is 85.5 Å². The maximum Gasteiger partial charge on any atom is 0.291 e. The maximum atomic E-state index is 12.6. The lowest BCUT2D eigenvalue weighted by atomic mass is 9.97. The molecule has 0 aliphatic heterocycles. The van der Waals surface area contributed by atoms with Crippen LogP contribution in [0, 0.1) is 0 Å². The molecule has 142 valence electrons. The molecule has 2 aromatic rings. The van der Waals surface area contributed by atoms with Crippen molar-refractivity contribution in [3.8, 4) is 0 Å². The molecule has 0 aromatic carbocycles. The summed E-state index contributed by atoms with van der Waals surface area (Å²) in [6.45, 7) is 4.59. The van der Waals surface area contributed by atoms with Crippen LogP contribution in [0.15, 0.2) is 33.6 Å². The molecular formula is C18H26N4O3S. The molecule has 26 heavy (non-hydrogen) atoms. The Kier molecular flexibility index (Phi) is 5.62. The van der Waals surface area contributed by atoms with E-state index in [9.17, 15) is 13.2 Å². The van der Waals surface area contributed by atoms with Gasteiger partial charge in [-0.15, -0.1) is 0 Å². The summed E-state index contributed by atoms with van der Waals surface area (Å²) >= 11 is 0. The molecule has 2 aromatic heterocycles. The fourth-order valence-corrected chi connectivity index (χ4v) is 4.39. The van der Waals surface area contributed by atoms with Gasteiger partial charge in [-0.1, -0.05) is 18.6 Å². The summed E-state index contributed by atoms with van der Waals surface area (Å²) in [7, 11) is -3.66. The quantitative estimate of drug-likeness (QED) is 0.749. The molecule has 1 N–H and O–H groups in total. The molecule has 2 heterocycles. The third-order valence-electron chi connectivity index (χ3n) is 4.81. The average molecular weight is 378 g/mol. The van der Waals surface area contributed by atoms with Crippen molar-refractivity contribution in [3.05, 3.63) is 40.1 Å². The van der Waals surface area contributed by atoms with Gasteiger partial charge in [0.1, 0.15) is 16.2 Å². The Labute approximate surface area is 153 Å². The zero-order chi connectivity index (χ0) is 18.7. The van der Waals surface area contributed by atoms with E-state index in [1.54, 1.807) is 4.40 Å². The molecule has 1 aliphatic carbocycles. The Bertz CT molecular complexity index is 986. The summed E-state index contributed by atoms with van der Waals surface area (Å²) in [6.07, 6.45) is 9.59. The Morgan fingerprint density at radius 1 is 1.27 bits per heavy atom. The molecule has 7 nitrogen and oxygen atoms in total. The van der Waals surface area contributed by atoms with E-state index < -0.39 is 10.0 Å². The van der Waals surface area contributed by atoms with Gasteiger partial charge in [-0.05, 0) is 45.1 Å². The van der Waals surface area contributed by atoms with Gasteiger partial charge in [0, 0.05) is 25.7 Å². The van der Waals surface area contributed by atoms with Gasteiger partial charge >= 0.3 is 0 Å². The van der Waals surface area contributed by atoms with Gasteiger partial charge in [-0.2, -0.15) is 5.10 Å². The molecule has 0 unspecified atom stereocenters. The van der Waals surface area contributed by atoms with Gasteiger partial charge in [0.15, 0.2) is 0 Å². The fraction of sp³-hybridized carbons (Fsp3) is 0.556. The summed E-state index contributed by atoms with van der Waals surface area (Å²) in [5.41, 5.74) is 1.39. The van der Waals surface area contributed by atoms with Crippen LogP contribution in [-0.4, -0.2) is 29.1 Å². The molecule has 0 spiro atoms. The first-order valence-corrected chi connectivity index (χ1v) is 10.7. The summed E-state index contributed by atoms with van der Waals surface area (Å²) < 4.78 is 30.9. The lowest BCUT2D eigenvalue weighted by molar-refractivity contribution is 0.578. The second-order valence-electron chi connectivity index (χ2n) is 6.58. The molecule has 0 amide bonds. The summed E-state index contributed by atoms with van der Waals surface area (Å²) in [5.74, 6) is 0.662. The third-order valence-corrected chi connectivity index (χ3v) is 6.24. The van der Waals surface area contributed by atoms with Crippen LogP contribution in [0.5, 0.6) is 0 Å². The first kappa shape index (κ1) is 18.8. The highest BCUT2D eigenvalue weighted by Crippen LogP contribution is 2.20. The van der Waals surface area contributed by atoms with Crippen LogP contribution in [0.4, 0.5) is 0 Å². The molecule has 0 fully saturated rings. The summed E-state index contributed by atoms with van der Waals surface area (Å²) in [6, 6.07) is 1.44. The van der Waals surface area contributed by atoms with Crippen LogP contribution in [0.3, 0.4) is 0 Å². The number of nitrogens with zero attached hydrogens (tertiary/aromatic N) is 3. The highest BCUT2D eigenvalue weighted by atomic mass is 32.2. The van der Waals surface area contributed by atoms with Crippen molar-refractivity contribution in [1.82, 2.24) is 18.9 Å². The van der Waals surface area contributed by atoms with Crippen molar-refractivity contribution in [2.75, 3.05) is 6.54 Å². The van der Waals surface area contributed by atoms with Crippen molar-refractivity contribution < 1.29 is 8.42 Å². The van der Waals surface area contributed by atoms with E-state index >= 15 is 0 Å². The minimum Gasteiger partial charge on any atom is -0.297 e. The van der Waals surface area contributed by atoms with Crippen molar-refractivity contribution in [2.24, 2.45) is 0 Å². The Hall–Kier alpha value is -1.93. The number of allylic oxidation sites excluding steroid dienone is 1. The largest absolute Gasteiger partial charge is 0.297 e. The number of nitrogens with one attached hydrogen (secondary N) is 1. The maximum absolute atomic E-state index is 12.6. The lowest BCUT2D eigenvalue weighted by Gasteiger charge is -2.12. The van der Waals surface area contributed by atoms with E-state index in [0.29, 0.717) is 30.9 Å². The fourth-order valence-electron chi connectivity index (χ4n) is 3.35. The second kappa shape index (κ2) is 7.75. The van der Waals surface area contributed by atoms with Crippen LogP contribution in [0.25, 0.3) is 5.52 Å². The number of rotatable bonds is 7. The van der Waals surface area contributed by atoms with Crippen LogP contribution in [-0.2, 0) is 23.0 Å². The number of hydrogen-bond acceptors (Lipinski definition) is 4. The predicted octanol–water partition coefficient (Wildman–Crippen LogP) is 2.25. The SMILES string of the molecule is CCc1nn(CC)c(=O)c2cc(S(=O)(=O)NCCC3=CCCCC3)cn12. The van der Waals surface area contributed by atoms with Crippen LogP contribution in [0.1, 0.15) is 51.8 Å². The number of fused-ring (bicyclic) bond motifs is 1. The van der Waals surface area contributed by atoms with Gasteiger partial charge in [-0.3, -0.25) is 9.20 Å². The third kappa shape index (κ3) is 3.76. The molecule has 0 saturated carbocycles.